The number of rotatable bonds is 5. The van der Waals surface area contributed by atoms with Gasteiger partial charge in [-0.05, 0) is 37.2 Å². The van der Waals surface area contributed by atoms with Crippen molar-refractivity contribution in [1.29, 1.82) is 0 Å². The van der Waals surface area contributed by atoms with Gasteiger partial charge in [-0.3, -0.25) is 9.88 Å². The maximum atomic E-state index is 6.29. The van der Waals surface area contributed by atoms with Gasteiger partial charge in [0.05, 0.1) is 5.69 Å². The number of pyridine rings is 1. The Morgan fingerprint density at radius 1 is 1.16 bits per heavy atom. The molecule has 0 saturated heterocycles. The van der Waals surface area contributed by atoms with Crippen molar-refractivity contribution in [3.8, 4) is 0 Å². The van der Waals surface area contributed by atoms with Crippen molar-refractivity contribution in [3.05, 3.63) is 65.5 Å². The Bertz CT molecular complexity index is 510. The van der Waals surface area contributed by atoms with Gasteiger partial charge in [-0.2, -0.15) is 0 Å². The van der Waals surface area contributed by atoms with Crippen LogP contribution in [-0.4, -0.2) is 23.5 Å². The molecule has 19 heavy (non-hydrogen) atoms. The molecule has 100 valence electrons. The van der Waals surface area contributed by atoms with Crippen molar-refractivity contribution >= 4 is 0 Å². The molecule has 0 radical (unpaired) electrons. The highest BCUT2D eigenvalue weighted by molar-refractivity contribution is 5.28. The van der Waals surface area contributed by atoms with E-state index in [4.69, 9.17) is 5.73 Å². The molecule has 0 aliphatic rings. The summed E-state index contributed by atoms with van der Waals surface area (Å²) in [6.45, 7) is 3.75. The second kappa shape index (κ2) is 6.45. The topological polar surface area (TPSA) is 42.1 Å². The smallest absolute Gasteiger partial charge is 0.0543 e. The summed E-state index contributed by atoms with van der Waals surface area (Å²) in [5.74, 6) is 0. The number of benzene rings is 1. The SMILES string of the molecule is Cc1ccccc1C(N)CN(C)Cc1ccccn1. The largest absolute Gasteiger partial charge is 0.323 e. The number of likely N-dealkylation sites (N-methyl/N-ethyl adjacent to an activating group) is 1. The molecular weight excluding hydrogens is 234 g/mol. The Morgan fingerprint density at radius 3 is 2.58 bits per heavy atom. The second-order valence-electron chi connectivity index (χ2n) is 4.98. The number of aryl methyl sites for hydroxylation is 1. The van der Waals surface area contributed by atoms with Crippen molar-refractivity contribution in [2.45, 2.75) is 19.5 Å². The summed E-state index contributed by atoms with van der Waals surface area (Å²) in [4.78, 5) is 6.54. The van der Waals surface area contributed by atoms with E-state index in [1.165, 1.54) is 11.1 Å². The van der Waals surface area contributed by atoms with E-state index in [1.807, 2.05) is 36.5 Å². The number of hydrogen-bond donors (Lipinski definition) is 1. The van der Waals surface area contributed by atoms with E-state index in [0.29, 0.717) is 0 Å². The van der Waals surface area contributed by atoms with E-state index in [-0.39, 0.29) is 6.04 Å². The number of nitrogens with two attached hydrogens (primary N) is 1. The molecule has 0 amide bonds. The fraction of sp³-hybridized carbons (Fsp3) is 0.312. The minimum absolute atomic E-state index is 0.0370. The highest BCUT2D eigenvalue weighted by atomic mass is 15.1. The van der Waals surface area contributed by atoms with E-state index in [9.17, 15) is 0 Å². The molecule has 1 aromatic carbocycles. The van der Waals surface area contributed by atoms with Gasteiger partial charge in [0.25, 0.3) is 0 Å². The zero-order valence-corrected chi connectivity index (χ0v) is 11.6. The highest BCUT2D eigenvalue weighted by Crippen LogP contribution is 2.16. The Labute approximate surface area is 115 Å². The molecule has 0 spiro atoms. The molecule has 0 aliphatic heterocycles. The van der Waals surface area contributed by atoms with Gasteiger partial charge in [0.2, 0.25) is 0 Å². The van der Waals surface area contributed by atoms with Gasteiger partial charge < -0.3 is 5.73 Å². The van der Waals surface area contributed by atoms with Crippen molar-refractivity contribution in [1.82, 2.24) is 9.88 Å². The Morgan fingerprint density at radius 2 is 1.89 bits per heavy atom. The van der Waals surface area contributed by atoms with Crippen LogP contribution in [0.15, 0.2) is 48.7 Å². The lowest BCUT2D eigenvalue weighted by molar-refractivity contribution is 0.301. The molecule has 3 heteroatoms. The van der Waals surface area contributed by atoms with Crippen LogP contribution in [0.2, 0.25) is 0 Å². The van der Waals surface area contributed by atoms with Crippen molar-refractivity contribution in [3.63, 3.8) is 0 Å². The molecule has 1 unspecified atom stereocenters. The first-order valence-electron chi connectivity index (χ1n) is 6.56. The molecule has 2 rings (SSSR count). The minimum atomic E-state index is 0.0370. The fourth-order valence-electron chi connectivity index (χ4n) is 2.27. The summed E-state index contributed by atoms with van der Waals surface area (Å²) >= 11 is 0. The molecule has 0 fully saturated rings. The molecule has 2 N–H and O–H groups in total. The zero-order valence-electron chi connectivity index (χ0n) is 11.6. The Hall–Kier alpha value is -1.71. The summed E-state index contributed by atoms with van der Waals surface area (Å²) in [5, 5.41) is 0. The van der Waals surface area contributed by atoms with E-state index >= 15 is 0 Å². The van der Waals surface area contributed by atoms with Gasteiger partial charge in [-0.15, -0.1) is 0 Å². The average Bonchev–Trinajstić information content (AvgIpc) is 2.40. The molecule has 0 bridgehead atoms. The monoisotopic (exact) mass is 255 g/mol. The lowest BCUT2D eigenvalue weighted by Crippen LogP contribution is -2.29. The van der Waals surface area contributed by atoms with Crippen LogP contribution in [-0.2, 0) is 6.54 Å². The van der Waals surface area contributed by atoms with Crippen LogP contribution in [0.3, 0.4) is 0 Å². The van der Waals surface area contributed by atoms with Crippen molar-refractivity contribution < 1.29 is 0 Å². The maximum absolute atomic E-state index is 6.29. The first-order chi connectivity index (χ1) is 9.16. The lowest BCUT2D eigenvalue weighted by atomic mass is 10.0. The van der Waals surface area contributed by atoms with Gasteiger partial charge >= 0.3 is 0 Å². The number of hydrogen-bond acceptors (Lipinski definition) is 3. The third kappa shape index (κ3) is 3.88. The fourth-order valence-corrected chi connectivity index (χ4v) is 2.27. The van der Waals surface area contributed by atoms with E-state index in [2.05, 4.69) is 36.0 Å². The molecule has 2 aromatic rings. The third-order valence-electron chi connectivity index (χ3n) is 3.25. The van der Waals surface area contributed by atoms with Crippen molar-refractivity contribution in [2.75, 3.05) is 13.6 Å². The summed E-state index contributed by atoms with van der Waals surface area (Å²) in [6, 6.07) is 14.3. The van der Waals surface area contributed by atoms with Crippen LogP contribution in [0, 0.1) is 6.92 Å². The summed E-state index contributed by atoms with van der Waals surface area (Å²) < 4.78 is 0. The zero-order chi connectivity index (χ0) is 13.7. The van der Waals surface area contributed by atoms with E-state index < -0.39 is 0 Å². The van der Waals surface area contributed by atoms with Gasteiger partial charge in [0.15, 0.2) is 0 Å². The quantitative estimate of drug-likeness (QED) is 0.892. The first kappa shape index (κ1) is 13.7. The molecule has 0 saturated carbocycles. The standard InChI is InChI=1S/C16H21N3/c1-13-7-3-4-9-15(13)16(17)12-19(2)11-14-8-5-6-10-18-14/h3-10,16H,11-12,17H2,1-2H3. The van der Waals surface area contributed by atoms with Crippen molar-refractivity contribution in [2.24, 2.45) is 5.73 Å². The summed E-state index contributed by atoms with van der Waals surface area (Å²) in [7, 11) is 2.08. The highest BCUT2D eigenvalue weighted by Gasteiger charge is 2.11. The lowest BCUT2D eigenvalue weighted by Gasteiger charge is -2.22. The Balaban J connectivity index is 1.96. The molecule has 1 atom stereocenters. The predicted molar refractivity (Wildman–Crippen MR) is 78.7 cm³/mol. The molecule has 1 aromatic heterocycles. The molecule has 3 nitrogen and oxygen atoms in total. The van der Waals surface area contributed by atoms with E-state index in [1.54, 1.807) is 0 Å². The van der Waals surface area contributed by atoms with Gasteiger partial charge in [-0.25, -0.2) is 0 Å². The van der Waals surface area contributed by atoms with Crippen LogP contribution in [0.25, 0.3) is 0 Å². The van der Waals surface area contributed by atoms with Crippen LogP contribution < -0.4 is 5.73 Å². The molecule has 0 aliphatic carbocycles. The molecule has 1 heterocycles. The van der Waals surface area contributed by atoms with Crippen LogP contribution >= 0.6 is 0 Å². The number of aromatic nitrogens is 1. The van der Waals surface area contributed by atoms with Crippen LogP contribution in [0.1, 0.15) is 22.9 Å². The summed E-state index contributed by atoms with van der Waals surface area (Å²) in [6.07, 6.45) is 1.82. The van der Waals surface area contributed by atoms with E-state index in [0.717, 1.165) is 18.8 Å². The molecular formula is C16H21N3. The van der Waals surface area contributed by atoms with Gasteiger partial charge in [-0.1, -0.05) is 30.3 Å². The maximum Gasteiger partial charge on any atom is 0.0543 e. The predicted octanol–water partition coefficient (Wildman–Crippen LogP) is 2.52. The summed E-state index contributed by atoms with van der Waals surface area (Å²) in [5.41, 5.74) is 9.83. The van der Waals surface area contributed by atoms with Crippen LogP contribution in [0.4, 0.5) is 0 Å². The number of nitrogens with zero attached hydrogens (tertiary/aromatic N) is 2. The van der Waals surface area contributed by atoms with Crippen LogP contribution in [0.5, 0.6) is 0 Å². The normalized spacial score (nSPS) is 12.6. The third-order valence-corrected chi connectivity index (χ3v) is 3.25. The Kier molecular flexibility index (Phi) is 4.66. The van der Waals surface area contributed by atoms with Gasteiger partial charge in [0, 0.05) is 25.3 Å². The average molecular weight is 255 g/mol. The minimum Gasteiger partial charge on any atom is -0.323 e. The van der Waals surface area contributed by atoms with Gasteiger partial charge in [0.1, 0.15) is 0 Å². The second-order valence-corrected chi connectivity index (χ2v) is 4.98. The first-order valence-corrected chi connectivity index (χ1v) is 6.56.